The van der Waals surface area contributed by atoms with Gasteiger partial charge in [-0.05, 0) is 30.0 Å². The third-order valence-electron chi connectivity index (χ3n) is 3.37. The van der Waals surface area contributed by atoms with Crippen molar-refractivity contribution in [1.29, 1.82) is 0 Å². The molecule has 2 N–H and O–H groups in total. The smallest absolute Gasteiger partial charge is 0.307 e. The van der Waals surface area contributed by atoms with Gasteiger partial charge < -0.3 is 5.11 Å². The van der Waals surface area contributed by atoms with E-state index in [1.807, 2.05) is 0 Å². The first-order valence-corrected chi connectivity index (χ1v) is 8.08. The molecule has 6 heteroatoms. The van der Waals surface area contributed by atoms with Gasteiger partial charge in [0.1, 0.15) is 0 Å². The highest BCUT2D eigenvalue weighted by atomic mass is 32.2. The summed E-state index contributed by atoms with van der Waals surface area (Å²) in [5.74, 6) is -1.41. The lowest BCUT2D eigenvalue weighted by Crippen LogP contribution is -2.31. The molecule has 1 aromatic carbocycles. The normalized spacial score (nSPS) is 14.8. The molecule has 0 fully saturated rings. The van der Waals surface area contributed by atoms with Crippen molar-refractivity contribution in [1.82, 2.24) is 4.72 Å². The summed E-state index contributed by atoms with van der Waals surface area (Å²) >= 11 is 0. The molecule has 5 nitrogen and oxygen atoms in total. The van der Waals surface area contributed by atoms with Gasteiger partial charge in [-0.1, -0.05) is 32.9 Å². The summed E-state index contributed by atoms with van der Waals surface area (Å²) in [7, 11) is -3.65. The van der Waals surface area contributed by atoms with Gasteiger partial charge in [-0.2, -0.15) is 0 Å². The number of carbonyl (C=O) groups is 1. The predicted molar refractivity (Wildman–Crippen MR) is 77.1 cm³/mol. The second-order valence-corrected chi connectivity index (χ2v) is 6.74. The number of benzene rings is 1. The minimum atomic E-state index is -3.65. The maximum Gasteiger partial charge on any atom is 0.307 e. The number of sulfonamides is 1. The SMILES string of the molecule is CCC(C)c1ccc(S(=O)(=O)NCC(C)C(=O)O)cc1. The van der Waals surface area contributed by atoms with Crippen LogP contribution in [0.5, 0.6) is 0 Å². The average Bonchev–Trinajstić information content (AvgIpc) is 2.44. The number of aliphatic carboxylic acids is 1. The van der Waals surface area contributed by atoms with Gasteiger partial charge >= 0.3 is 5.97 Å². The summed E-state index contributed by atoms with van der Waals surface area (Å²) in [6.45, 7) is 5.49. The lowest BCUT2D eigenvalue weighted by molar-refractivity contribution is -0.140. The van der Waals surface area contributed by atoms with Crippen LogP contribution in [-0.2, 0) is 14.8 Å². The minimum Gasteiger partial charge on any atom is -0.481 e. The van der Waals surface area contributed by atoms with Crippen LogP contribution < -0.4 is 4.72 Å². The topological polar surface area (TPSA) is 83.5 Å². The van der Waals surface area contributed by atoms with E-state index in [0.29, 0.717) is 5.92 Å². The summed E-state index contributed by atoms with van der Waals surface area (Å²) in [5, 5.41) is 8.74. The number of carboxylic acid groups (broad SMARTS) is 1. The molecule has 0 bridgehead atoms. The molecular formula is C14H21NO4S. The van der Waals surface area contributed by atoms with E-state index in [4.69, 9.17) is 5.11 Å². The van der Waals surface area contributed by atoms with Crippen molar-refractivity contribution in [3.05, 3.63) is 29.8 Å². The van der Waals surface area contributed by atoms with Crippen LogP contribution in [0.1, 0.15) is 38.7 Å². The van der Waals surface area contributed by atoms with Crippen molar-refractivity contribution in [2.24, 2.45) is 5.92 Å². The van der Waals surface area contributed by atoms with Crippen molar-refractivity contribution < 1.29 is 18.3 Å². The quantitative estimate of drug-likeness (QED) is 0.808. The summed E-state index contributed by atoms with van der Waals surface area (Å²) < 4.78 is 26.3. The zero-order valence-corrected chi connectivity index (χ0v) is 12.8. The van der Waals surface area contributed by atoms with Crippen LogP contribution in [0.2, 0.25) is 0 Å². The third-order valence-corrected chi connectivity index (χ3v) is 4.81. The van der Waals surface area contributed by atoms with E-state index >= 15 is 0 Å². The highest BCUT2D eigenvalue weighted by Crippen LogP contribution is 2.20. The molecular weight excluding hydrogens is 278 g/mol. The van der Waals surface area contributed by atoms with Gasteiger partial charge in [0, 0.05) is 6.54 Å². The molecule has 0 saturated heterocycles. The van der Waals surface area contributed by atoms with E-state index < -0.39 is 21.9 Å². The largest absolute Gasteiger partial charge is 0.481 e. The molecule has 0 aliphatic rings. The molecule has 2 atom stereocenters. The minimum absolute atomic E-state index is 0.120. The van der Waals surface area contributed by atoms with Crippen molar-refractivity contribution >= 4 is 16.0 Å². The first-order valence-electron chi connectivity index (χ1n) is 6.60. The zero-order valence-electron chi connectivity index (χ0n) is 12.0. The molecule has 0 aliphatic heterocycles. The van der Waals surface area contributed by atoms with Crippen LogP contribution >= 0.6 is 0 Å². The van der Waals surface area contributed by atoms with E-state index in [2.05, 4.69) is 18.6 Å². The zero-order chi connectivity index (χ0) is 15.3. The Labute approximate surface area is 120 Å². The second kappa shape index (κ2) is 6.85. The molecule has 1 aromatic rings. The van der Waals surface area contributed by atoms with Gasteiger partial charge in [-0.3, -0.25) is 4.79 Å². The Morgan fingerprint density at radius 3 is 2.25 bits per heavy atom. The molecule has 0 aliphatic carbocycles. The molecule has 0 saturated carbocycles. The van der Waals surface area contributed by atoms with Gasteiger partial charge in [0.25, 0.3) is 0 Å². The van der Waals surface area contributed by atoms with Crippen LogP contribution in [0.4, 0.5) is 0 Å². The van der Waals surface area contributed by atoms with Gasteiger partial charge in [0.05, 0.1) is 10.8 Å². The molecule has 0 heterocycles. The van der Waals surface area contributed by atoms with Gasteiger partial charge in [-0.15, -0.1) is 0 Å². The number of hydrogen-bond donors (Lipinski definition) is 2. The van der Waals surface area contributed by atoms with Crippen molar-refractivity contribution in [2.45, 2.75) is 38.0 Å². The predicted octanol–water partition coefficient (Wildman–Crippen LogP) is 2.20. The van der Waals surface area contributed by atoms with Crippen molar-refractivity contribution in [3.8, 4) is 0 Å². The Bertz CT molecular complexity index is 551. The monoisotopic (exact) mass is 299 g/mol. The number of hydrogen-bond acceptors (Lipinski definition) is 3. The Balaban J connectivity index is 2.80. The van der Waals surface area contributed by atoms with Gasteiger partial charge in [0.15, 0.2) is 0 Å². The fraction of sp³-hybridized carbons (Fsp3) is 0.500. The molecule has 1 rings (SSSR count). The van der Waals surface area contributed by atoms with E-state index in [1.165, 1.54) is 6.92 Å². The number of carboxylic acids is 1. The fourth-order valence-corrected chi connectivity index (χ4v) is 2.75. The Kier molecular flexibility index (Phi) is 5.71. The second-order valence-electron chi connectivity index (χ2n) is 4.97. The molecule has 0 aromatic heterocycles. The van der Waals surface area contributed by atoms with E-state index in [-0.39, 0.29) is 11.4 Å². The highest BCUT2D eigenvalue weighted by Gasteiger charge is 2.18. The lowest BCUT2D eigenvalue weighted by Gasteiger charge is -2.12. The Hall–Kier alpha value is -1.40. The van der Waals surface area contributed by atoms with Crippen LogP contribution in [-0.4, -0.2) is 26.0 Å². The third kappa shape index (κ3) is 4.31. The Morgan fingerprint density at radius 2 is 1.80 bits per heavy atom. The summed E-state index contributed by atoms with van der Waals surface area (Å²) in [4.78, 5) is 10.8. The van der Waals surface area contributed by atoms with Crippen LogP contribution in [0.15, 0.2) is 29.2 Å². The first-order chi connectivity index (χ1) is 9.27. The summed E-state index contributed by atoms with van der Waals surface area (Å²) in [6.07, 6.45) is 0.987. The number of nitrogens with one attached hydrogen (secondary N) is 1. The highest BCUT2D eigenvalue weighted by molar-refractivity contribution is 7.89. The standard InChI is InChI=1S/C14H21NO4S/c1-4-10(2)12-5-7-13(8-6-12)20(18,19)15-9-11(3)14(16)17/h5-8,10-11,15H,4,9H2,1-3H3,(H,16,17). The average molecular weight is 299 g/mol. The fourth-order valence-electron chi connectivity index (χ4n) is 1.62. The van der Waals surface area contributed by atoms with Crippen molar-refractivity contribution in [3.63, 3.8) is 0 Å². The summed E-state index contributed by atoms with van der Waals surface area (Å²) in [5.41, 5.74) is 1.09. The van der Waals surface area contributed by atoms with E-state index in [0.717, 1.165) is 12.0 Å². The molecule has 0 radical (unpaired) electrons. The summed E-state index contributed by atoms with van der Waals surface area (Å²) in [6, 6.07) is 6.69. The Morgan fingerprint density at radius 1 is 1.25 bits per heavy atom. The molecule has 20 heavy (non-hydrogen) atoms. The lowest BCUT2D eigenvalue weighted by atomic mass is 9.99. The van der Waals surface area contributed by atoms with Crippen molar-refractivity contribution in [2.75, 3.05) is 6.54 Å². The molecule has 2 unspecified atom stereocenters. The number of rotatable bonds is 7. The van der Waals surface area contributed by atoms with Crippen LogP contribution in [0.3, 0.4) is 0 Å². The van der Waals surface area contributed by atoms with Gasteiger partial charge in [0.2, 0.25) is 10.0 Å². The molecule has 0 spiro atoms. The van der Waals surface area contributed by atoms with Crippen LogP contribution in [0, 0.1) is 5.92 Å². The van der Waals surface area contributed by atoms with Gasteiger partial charge in [-0.25, -0.2) is 13.1 Å². The maximum atomic E-state index is 12.0. The molecule has 112 valence electrons. The first kappa shape index (κ1) is 16.7. The van der Waals surface area contributed by atoms with E-state index in [1.54, 1.807) is 24.3 Å². The van der Waals surface area contributed by atoms with E-state index in [9.17, 15) is 13.2 Å². The van der Waals surface area contributed by atoms with Crippen LogP contribution in [0.25, 0.3) is 0 Å². The maximum absolute atomic E-state index is 12.0. The molecule has 0 amide bonds.